The van der Waals surface area contributed by atoms with Crippen molar-refractivity contribution in [1.29, 1.82) is 0 Å². The molecule has 3 aliphatic heterocycles. The second kappa shape index (κ2) is 14.1. The first-order valence-corrected chi connectivity index (χ1v) is 18.1. The number of nitrogens with zero attached hydrogens (tertiary/aromatic N) is 6. The Balaban J connectivity index is 0.900. The molecular formula is C41H38N8O5. The van der Waals surface area contributed by atoms with Crippen molar-refractivity contribution in [3.63, 3.8) is 0 Å². The van der Waals surface area contributed by atoms with Gasteiger partial charge >= 0.3 is 0 Å². The van der Waals surface area contributed by atoms with Crippen LogP contribution in [0.4, 0.5) is 0 Å². The maximum atomic E-state index is 13.1. The van der Waals surface area contributed by atoms with E-state index < -0.39 is 11.9 Å². The summed E-state index contributed by atoms with van der Waals surface area (Å²) in [6.45, 7) is 3.23. The standard InChI is InChI=1S/C41H38N8O5/c1-3-31-28-19-38(51)47(2)23-36(28)49(46-31)34-12-7-10-25-18-33(44-21-29(25)34)26-13-14-32(43-20-26)39(52)42-17-5-4-8-24-9-6-11-27-30(24)22-48(41(27)54)35-15-16-37(50)45-40(35)53/h4,6-14,18,20-21,35H,3,5,15-17,19,22-23H2,1-2H3,(H,42,52)(H,45,50,53)/b8-4+. The van der Waals surface area contributed by atoms with E-state index >= 15 is 0 Å². The van der Waals surface area contributed by atoms with Crippen LogP contribution in [0, 0.1) is 0 Å². The van der Waals surface area contributed by atoms with E-state index in [-0.39, 0.29) is 35.7 Å². The molecule has 0 saturated carbocycles. The Labute approximate surface area is 311 Å². The molecule has 1 fully saturated rings. The maximum Gasteiger partial charge on any atom is 0.269 e. The van der Waals surface area contributed by atoms with Crippen LogP contribution in [0.2, 0.25) is 0 Å². The lowest BCUT2D eigenvalue weighted by atomic mass is 10.0. The van der Waals surface area contributed by atoms with Gasteiger partial charge in [-0.15, -0.1) is 0 Å². The number of hydrogen-bond donors (Lipinski definition) is 2. The second-order valence-electron chi connectivity index (χ2n) is 13.8. The van der Waals surface area contributed by atoms with Gasteiger partial charge in [0.2, 0.25) is 17.7 Å². The number of pyridine rings is 2. The molecule has 272 valence electrons. The van der Waals surface area contributed by atoms with Crippen molar-refractivity contribution >= 4 is 46.4 Å². The molecule has 3 aliphatic rings. The molecule has 1 unspecified atom stereocenters. The van der Waals surface area contributed by atoms with E-state index in [0.29, 0.717) is 44.5 Å². The zero-order valence-corrected chi connectivity index (χ0v) is 30.0. The minimum atomic E-state index is -0.666. The van der Waals surface area contributed by atoms with Gasteiger partial charge in [0.05, 0.1) is 35.7 Å². The van der Waals surface area contributed by atoms with Crippen molar-refractivity contribution in [3.8, 4) is 16.9 Å². The number of carbonyl (C=O) groups is 5. The molecule has 13 heteroatoms. The Kier molecular flexibility index (Phi) is 9.06. The van der Waals surface area contributed by atoms with Crippen LogP contribution in [-0.4, -0.2) is 78.7 Å². The smallest absolute Gasteiger partial charge is 0.269 e. The van der Waals surface area contributed by atoms with E-state index in [2.05, 4.69) is 22.5 Å². The highest BCUT2D eigenvalue weighted by Gasteiger charge is 2.39. The number of rotatable bonds is 9. The van der Waals surface area contributed by atoms with Crippen LogP contribution in [0.1, 0.15) is 75.1 Å². The lowest BCUT2D eigenvalue weighted by molar-refractivity contribution is -0.137. The maximum absolute atomic E-state index is 13.1. The topological polar surface area (TPSA) is 159 Å². The summed E-state index contributed by atoms with van der Waals surface area (Å²) in [7, 11) is 1.82. The molecule has 0 radical (unpaired) electrons. The predicted octanol–water partition coefficient (Wildman–Crippen LogP) is 4.15. The number of aryl methyl sites for hydroxylation is 1. The van der Waals surface area contributed by atoms with E-state index in [1.807, 2.05) is 72.5 Å². The molecule has 0 aliphatic carbocycles. The highest BCUT2D eigenvalue weighted by Crippen LogP contribution is 2.32. The summed E-state index contributed by atoms with van der Waals surface area (Å²) in [5.74, 6) is -1.16. The molecule has 8 rings (SSSR count). The number of nitrogens with one attached hydrogen (secondary N) is 2. The number of amides is 5. The summed E-state index contributed by atoms with van der Waals surface area (Å²) < 4.78 is 1.96. The van der Waals surface area contributed by atoms with Crippen molar-refractivity contribution in [2.24, 2.45) is 0 Å². The van der Waals surface area contributed by atoms with Crippen LogP contribution < -0.4 is 10.6 Å². The molecule has 5 amide bonds. The monoisotopic (exact) mass is 722 g/mol. The Morgan fingerprint density at radius 1 is 1.00 bits per heavy atom. The van der Waals surface area contributed by atoms with Crippen LogP contribution in [0.3, 0.4) is 0 Å². The van der Waals surface area contributed by atoms with Gasteiger partial charge in [0.1, 0.15) is 11.7 Å². The molecule has 6 heterocycles. The summed E-state index contributed by atoms with van der Waals surface area (Å²) >= 11 is 0. The van der Waals surface area contributed by atoms with Crippen molar-refractivity contribution in [1.82, 2.24) is 40.2 Å². The molecule has 0 spiro atoms. The first-order chi connectivity index (χ1) is 26.2. The lowest BCUT2D eigenvalue weighted by Crippen LogP contribution is -2.52. The summed E-state index contributed by atoms with van der Waals surface area (Å²) in [4.78, 5) is 74.9. The minimum Gasteiger partial charge on any atom is -0.350 e. The summed E-state index contributed by atoms with van der Waals surface area (Å²) in [5, 5.41) is 12.1. The Morgan fingerprint density at radius 2 is 1.85 bits per heavy atom. The van der Waals surface area contributed by atoms with Gasteiger partial charge in [0.25, 0.3) is 11.8 Å². The molecule has 3 aromatic heterocycles. The number of carbonyl (C=O) groups excluding carboxylic acids is 5. The van der Waals surface area contributed by atoms with E-state index in [9.17, 15) is 24.0 Å². The van der Waals surface area contributed by atoms with E-state index in [0.717, 1.165) is 62.2 Å². The van der Waals surface area contributed by atoms with Crippen LogP contribution in [-0.2, 0) is 40.3 Å². The molecule has 1 atom stereocenters. The second-order valence-corrected chi connectivity index (χ2v) is 13.8. The number of piperidine rings is 1. The highest BCUT2D eigenvalue weighted by atomic mass is 16.2. The fourth-order valence-corrected chi connectivity index (χ4v) is 7.50. The van der Waals surface area contributed by atoms with Gasteiger partial charge in [-0.1, -0.05) is 43.3 Å². The van der Waals surface area contributed by atoms with E-state index in [1.165, 1.54) is 4.90 Å². The van der Waals surface area contributed by atoms with Crippen molar-refractivity contribution in [2.45, 2.75) is 58.2 Å². The van der Waals surface area contributed by atoms with Gasteiger partial charge in [-0.25, -0.2) is 4.68 Å². The SMILES string of the molecule is CCc1nn(-c2cccc3cc(-c4ccc(C(=O)NCC/C=C/c5cccc6c5CN(C5CCC(=O)NC5=O)C6=O)nc4)ncc23)c2c1CC(=O)N(C)C2. The highest BCUT2D eigenvalue weighted by molar-refractivity contribution is 6.06. The number of imide groups is 1. The van der Waals surface area contributed by atoms with Crippen molar-refractivity contribution in [3.05, 3.63) is 112 Å². The van der Waals surface area contributed by atoms with Gasteiger partial charge in [-0.2, -0.15) is 5.10 Å². The largest absolute Gasteiger partial charge is 0.350 e. The lowest BCUT2D eigenvalue weighted by Gasteiger charge is -2.29. The van der Waals surface area contributed by atoms with Gasteiger partial charge in [-0.05, 0) is 66.1 Å². The van der Waals surface area contributed by atoms with Crippen molar-refractivity contribution < 1.29 is 24.0 Å². The van der Waals surface area contributed by atoms with Crippen molar-refractivity contribution in [2.75, 3.05) is 13.6 Å². The van der Waals surface area contributed by atoms with Crippen LogP contribution in [0.5, 0.6) is 0 Å². The Morgan fingerprint density at radius 3 is 2.65 bits per heavy atom. The molecule has 13 nitrogen and oxygen atoms in total. The summed E-state index contributed by atoms with van der Waals surface area (Å²) in [5.41, 5.74) is 7.94. The third kappa shape index (κ3) is 6.31. The van der Waals surface area contributed by atoms with Crippen LogP contribution >= 0.6 is 0 Å². The molecule has 54 heavy (non-hydrogen) atoms. The zero-order valence-electron chi connectivity index (χ0n) is 30.0. The number of benzene rings is 2. The Bertz CT molecular complexity index is 2400. The molecule has 2 N–H and O–H groups in total. The fourth-order valence-electron chi connectivity index (χ4n) is 7.50. The molecule has 1 saturated heterocycles. The molecule has 5 aromatic rings. The number of hydrogen-bond acceptors (Lipinski definition) is 8. The van der Waals surface area contributed by atoms with Crippen LogP contribution in [0.25, 0.3) is 33.8 Å². The van der Waals surface area contributed by atoms with Gasteiger partial charge < -0.3 is 15.1 Å². The van der Waals surface area contributed by atoms with Gasteiger partial charge in [0.15, 0.2) is 0 Å². The molecule has 2 aromatic carbocycles. The normalized spacial score (nSPS) is 17.0. The first-order valence-electron chi connectivity index (χ1n) is 18.1. The molecular weight excluding hydrogens is 685 g/mol. The third-order valence-electron chi connectivity index (χ3n) is 10.4. The predicted molar refractivity (Wildman–Crippen MR) is 200 cm³/mol. The third-order valence-corrected chi connectivity index (χ3v) is 10.4. The number of likely N-dealkylation sites (N-methyl/N-ethyl adjacent to an activating group) is 1. The number of aromatic nitrogens is 4. The summed E-state index contributed by atoms with van der Waals surface area (Å²) in [6.07, 6.45) is 9.51. The summed E-state index contributed by atoms with van der Waals surface area (Å²) in [6, 6.07) is 16.4. The quantitative estimate of drug-likeness (QED) is 0.170. The first kappa shape index (κ1) is 34.6. The average molecular weight is 723 g/mol. The Hall–Kier alpha value is -6.50. The van der Waals surface area contributed by atoms with Gasteiger partial charge in [-0.3, -0.25) is 39.3 Å². The van der Waals surface area contributed by atoms with Crippen LogP contribution in [0.15, 0.2) is 73.1 Å². The zero-order chi connectivity index (χ0) is 37.5. The fraction of sp³-hybridized carbons (Fsp3) is 0.268. The number of fused-ring (bicyclic) bond motifs is 3. The minimum absolute atomic E-state index is 0.0982. The average Bonchev–Trinajstić information content (AvgIpc) is 3.71. The van der Waals surface area contributed by atoms with E-state index in [4.69, 9.17) is 10.1 Å². The molecule has 0 bridgehead atoms. The van der Waals surface area contributed by atoms with Gasteiger partial charge in [0, 0.05) is 61.0 Å². The van der Waals surface area contributed by atoms with E-state index in [1.54, 1.807) is 23.2 Å².